The average molecular weight is 203 g/mol. The van der Waals surface area contributed by atoms with E-state index in [-0.39, 0.29) is 16.1 Å². The number of methoxy groups -OCH3 is 1. The van der Waals surface area contributed by atoms with Gasteiger partial charge in [-0.25, -0.2) is 9.18 Å². The van der Waals surface area contributed by atoms with Crippen LogP contribution < -0.4 is 0 Å². The molecule has 0 spiro atoms. The molecule has 2 nitrogen and oxygen atoms in total. The molecule has 0 fully saturated rings. The molecule has 70 valence electrons. The first-order valence-corrected chi connectivity index (χ1v) is 3.98. The lowest BCUT2D eigenvalue weighted by atomic mass is 10.1. The van der Waals surface area contributed by atoms with E-state index in [4.69, 9.17) is 11.6 Å². The molecule has 1 aromatic carbocycles. The Morgan fingerprint density at radius 3 is 2.69 bits per heavy atom. The summed E-state index contributed by atoms with van der Waals surface area (Å²) in [6.45, 7) is 1.48. The normalized spacial score (nSPS) is 9.85. The summed E-state index contributed by atoms with van der Waals surface area (Å²) in [5.74, 6) is -1.14. The Kier molecular flexibility index (Phi) is 2.88. The second-order valence-corrected chi connectivity index (χ2v) is 2.93. The van der Waals surface area contributed by atoms with Crippen LogP contribution >= 0.6 is 11.6 Å². The summed E-state index contributed by atoms with van der Waals surface area (Å²) in [5, 5.41) is 0.00477. The van der Waals surface area contributed by atoms with E-state index in [0.29, 0.717) is 0 Å². The summed E-state index contributed by atoms with van der Waals surface area (Å²) in [6, 6.07) is 2.77. The number of benzene rings is 1. The third kappa shape index (κ3) is 1.80. The standard InChI is InChI=1S/C9H8ClFO2/c1-5-6(9(12)13-2)3-4-7(10)8(5)11/h3-4H,1-2H3. The van der Waals surface area contributed by atoms with Crippen LogP contribution in [0.15, 0.2) is 12.1 Å². The maximum absolute atomic E-state index is 13.1. The van der Waals surface area contributed by atoms with Gasteiger partial charge in [0.25, 0.3) is 0 Å². The molecule has 0 bridgehead atoms. The highest BCUT2D eigenvalue weighted by Gasteiger charge is 2.14. The van der Waals surface area contributed by atoms with Gasteiger partial charge < -0.3 is 4.74 Å². The van der Waals surface area contributed by atoms with E-state index in [1.807, 2.05) is 0 Å². The number of hydrogen-bond acceptors (Lipinski definition) is 2. The van der Waals surface area contributed by atoms with Gasteiger partial charge >= 0.3 is 5.97 Å². The van der Waals surface area contributed by atoms with E-state index in [0.717, 1.165) is 0 Å². The number of hydrogen-bond donors (Lipinski definition) is 0. The summed E-state index contributed by atoms with van der Waals surface area (Å²) in [4.78, 5) is 11.1. The molecular weight excluding hydrogens is 195 g/mol. The van der Waals surface area contributed by atoms with Crippen molar-refractivity contribution in [1.82, 2.24) is 0 Å². The van der Waals surface area contributed by atoms with Gasteiger partial charge in [-0.1, -0.05) is 11.6 Å². The summed E-state index contributed by atoms with van der Waals surface area (Å²) in [6.07, 6.45) is 0. The van der Waals surface area contributed by atoms with Crippen LogP contribution in [0.2, 0.25) is 5.02 Å². The molecule has 0 N–H and O–H groups in total. The lowest BCUT2D eigenvalue weighted by Gasteiger charge is -2.05. The Bertz CT molecular complexity index is 350. The highest BCUT2D eigenvalue weighted by molar-refractivity contribution is 6.30. The molecule has 13 heavy (non-hydrogen) atoms. The fourth-order valence-electron chi connectivity index (χ4n) is 0.983. The van der Waals surface area contributed by atoms with Crippen molar-refractivity contribution in [2.45, 2.75) is 6.92 Å². The highest BCUT2D eigenvalue weighted by atomic mass is 35.5. The molecule has 0 aliphatic heterocycles. The fourth-order valence-corrected chi connectivity index (χ4v) is 1.19. The van der Waals surface area contributed by atoms with Gasteiger partial charge in [-0.05, 0) is 19.1 Å². The minimum absolute atomic E-state index is 0.00477. The third-order valence-electron chi connectivity index (χ3n) is 1.74. The van der Waals surface area contributed by atoms with Crippen molar-refractivity contribution in [3.05, 3.63) is 34.1 Å². The zero-order valence-electron chi connectivity index (χ0n) is 7.23. The molecular formula is C9H8ClFO2. The van der Waals surface area contributed by atoms with Crippen LogP contribution in [0, 0.1) is 12.7 Å². The number of carbonyl (C=O) groups excluding carboxylic acids is 1. The van der Waals surface area contributed by atoms with Crippen LogP contribution in [0.1, 0.15) is 15.9 Å². The van der Waals surface area contributed by atoms with E-state index >= 15 is 0 Å². The van der Waals surface area contributed by atoms with Crippen molar-refractivity contribution < 1.29 is 13.9 Å². The van der Waals surface area contributed by atoms with Gasteiger partial charge in [-0.3, -0.25) is 0 Å². The lowest BCUT2D eigenvalue weighted by molar-refractivity contribution is 0.0599. The maximum Gasteiger partial charge on any atom is 0.338 e. The van der Waals surface area contributed by atoms with Crippen molar-refractivity contribution in [1.29, 1.82) is 0 Å². The molecule has 0 aliphatic carbocycles. The van der Waals surface area contributed by atoms with Crippen LogP contribution in [0.25, 0.3) is 0 Å². The zero-order chi connectivity index (χ0) is 10.0. The Hall–Kier alpha value is -1.09. The van der Waals surface area contributed by atoms with Crippen LogP contribution in [-0.4, -0.2) is 13.1 Å². The Balaban J connectivity index is 3.26. The Morgan fingerprint density at radius 2 is 2.15 bits per heavy atom. The van der Waals surface area contributed by atoms with E-state index in [1.54, 1.807) is 0 Å². The van der Waals surface area contributed by atoms with Crippen molar-refractivity contribution >= 4 is 17.6 Å². The Morgan fingerprint density at radius 1 is 1.54 bits per heavy atom. The quantitative estimate of drug-likeness (QED) is 0.655. The largest absolute Gasteiger partial charge is 0.465 e. The predicted octanol–water partition coefficient (Wildman–Crippen LogP) is 2.57. The molecule has 0 radical (unpaired) electrons. The molecule has 0 amide bonds. The van der Waals surface area contributed by atoms with Crippen molar-refractivity contribution in [3.63, 3.8) is 0 Å². The number of esters is 1. The first kappa shape index (κ1) is 9.99. The topological polar surface area (TPSA) is 26.3 Å². The average Bonchev–Trinajstić information content (AvgIpc) is 2.13. The Labute approximate surface area is 80.3 Å². The molecule has 4 heteroatoms. The van der Waals surface area contributed by atoms with E-state index in [2.05, 4.69) is 4.74 Å². The smallest absolute Gasteiger partial charge is 0.338 e. The molecule has 0 saturated carbocycles. The monoisotopic (exact) mass is 202 g/mol. The number of ether oxygens (including phenoxy) is 1. The van der Waals surface area contributed by atoms with Gasteiger partial charge in [-0.15, -0.1) is 0 Å². The van der Waals surface area contributed by atoms with Gasteiger partial charge in [0.15, 0.2) is 0 Å². The minimum Gasteiger partial charge on any atom is -0.465 e. The molecule has 1 rings (SSSR count). The summed E-state index contributed by atoms with van der Waals surface area (Å²) in [7, 11) is 1.24. The van der Waals surface area contributed by atoms with E-state index in [9.17, 15) is 9.18 Å². The zero-order valence-corrected chi connectivity index (χ0v) is 7.98. The third-order valence-corrected chi connectivity index (χ3v) is 2.04. The number of rotatable bonds is 1. The SMILES string of the molecule is COC(=O)c1ccc(Cl)c(F)c1C. The highest BCUT2D eigenvalue weighted by Crippen LogP contribution is 2.21. The van der Waals surface area contributed by atoms with Crippen LogP contribution in [0.3, 0.4) is 0 Å². The molecule has 1 aromatic rings. The predicted molar refractivity (Wildman–Crippen MR) is 47.5 cm³/mol. The molecule has 0 atom stereocenters. The summed E-state index contributed by atoms with van der Waals surface area (Å²) < 4.78 is 17.6. The van der Waals surface area contributed by atoms with E-state index in [1.165, 1.54) is 26.2 Å². The van der Waals surface area contributed by atoms with Gasteiger partial charge in [0, 0.05) is 5.56 Å². The second kappa shape index (κ2) is 3.75. The van der Waals surface area contributed by atoms with Crippen LogP contribution in [0.5, 0.6) is 0 Å². The molecule has 0 heterocycles. The molecule has 0 unspecified atom stereocenters. The van der Waals surface area contributed by atoms with Crippen LogP contribution in [-0.2, 0) is 4.74 Å². The van der Waals surface area contributed by atoms with Gasteiger partial charge in [-0.2, -0.15) is 0 Å². The molecule has 0 saturated heterocycles. The lowest BCUT2D eigenvalue weighted by Crippen LogP contribution is -2.05. The number of carbonyl (C=O) groups is 1. The minimum atomic E-state index is -0.579. The summed E-state index contributed by atoms with van der Waals surface area (Å²) in [5.41, 5.74) is 0.406. The van der Waals surface area contributed by atoms with Crippen molar-refractivity contribution in [2.75, 3.05) is 7.11 Å². The molecule has 0 aliphatic rings. The van der Waals surface area contributed by atoms with Crippen molar-refractivity contribution in [3.8, 4) is 0 Å². The summed E-state index contributed by atoms with van der Waals surface area (Å²) >= 11 is 5.51. The van der Waals surface area contributed by atoms with E-state index < -0.39 is 11.8 Å². The molecule has 0 aromatic heterocycles. The van der Waals surface area contributed by atoms with Gasteiger partial charge in [0.05, 0.1) is 17.7 Å². The van der Waals surface area contributed by atoms with Crippen LogP contribution in [0.4, 0.5) is 4.39 Å². The van der Waals surface area contributed by atoms with Gasteiger partial charge in [0.2, 0.25) is 0 Å². The fraction of sp³-hybridized carbons (Fsp3) is 0.222. The van der Waals surface area contributed by atoms with Gasteiger partial charge in [0.1, 0.15) is 5.82 Å². The number of halogens is 2. The maximum atomic E-state index is 13.1. The first-order chi connectivity index (χ1) is 6.07. The second-order valence-electron chi connectivity index (χ2n) is 2.53. The first-order valence-electron chi connectivity index (χ1n) is 3.61. The van der Waals surface area contributed by atoms with Crippen molar-refractivity contribution in [2.24, 2.45) is 0 Å².